The van der Waals surface area contributed by atoms with E-state index in [2.05, 4.69) is 10.6 Å². The third kappa shape index (κ3) is 8.51. The van der Waals surface area contributed by atoms with Crippen molar-refractivity contribution in [3.8, 4) is 17.2 Å². The Kier molecular flexibility index (Phi) is 9.24. The van der Waals surface area contributed by atoms with E-state index >= 15 is 0 Å². The summed E-state index contributed by atoms with van der Waals surface area (Å²) < 4.78 is 15.9. The maximum absolute atomic E-state index is 12.2. The Hall–Kier alpha value is -4.33. The molecule has 8 heteroatoms. The van der Waals surface area contributed by atoms with Gasteiger partial charge in [-0.2, -0.15) is 0 Å². The van der Waals surface area contributed by atoms with Crippen LogP contribution >= 0.6 is 0 Å². The Morgan fingerprint density at radius 1 is 0.771 bits per heavy atom. The molecule has 0 heterocycles. The molecule has 0 spiro atoms. The first-order valence-electron chi connectivity index (χ1n) is 11.2. The SMILES string of the molecule is COc1ccccc1NC(=O)COC(=O)CCCC(=O)Nc1ccc(Oc2ccc(C)cc2)cc1. The number of hydrogen-bond acceptors (Lipinski definition) is 6. The third-order valence-electron chi connectivity index (χ3n) is 4.92. The molecule has 182 valence electrons. The van der Waals surface area contributed by atoms with E-state index in [0.29, 0.717) is 29.3 Å². The molecular formula is C27H28N2O6. The monoisotopic (exact) mass is 476 g/mol. The van der Waals surface area contributed by atoms with Crippen LogP contribution in [-0.2, 0) is 19.1 Å². The van der Waals surface area contributed by atoms with Crippen molar-refractivity contribution in [1.82, 2.24) is 0 Å². The maximum atomic E-state index is 12.2. The number of para-hydroxylation sites is 2. The van der Waals surface area contributed by atoms with E-state index < -0.39 is 18.5 Å². The van der Waals surface area contributed by atoms with Gasteiger partial charge < -0.3 is 24.8 Å². The standard InChI is InChI=1S/C27H28N2O6/c1-19-10-14-21(15-11-19)35-22-16-12-20(13-17-22)28-25(30)8-5-9-27(32)34-18-26(31)29-23-6-3-4-7-24(23)33-2/h3-4,6-7,10-17H,5,8-9,18H2,1-2H3,(H,28,30)(H,29,31). The van der Waals surface area contributed by atoms with E-state index in [-0.39, 0.29) is 18.7 Å². The summed E-state index contributed by atoms with van der Waals surface area (Å²) >= 11 is 0. The smallest absolute Gasteiger partial charge is 0.306 e. The Labute approximate surface area is 204 Å². The Balaban J connectivity index is 1.33. The summed E-state index contributed by atoms with van der Waals surface area (Å²) in [6, 6.07) is 21.7. The van der Waals surface area contributed by atoms with Crippen molar-refractivity contribution in [3.63, 3.8) is 0 Å². The second-order valence-corrected chi connectivity index (χ2v) is 7.75. The number of carbonyl (C=O) groups is 3. The molecule has 0 aliphatic carbocycles. The van der Waals surface area contributed by atoms with Crippen molar-refractivity contribution in [2.75, 3.05) is 24.4 Å². The summed E-state index contributed by atoms with van der Waals surface area (Å²) in [5, 5.41) is 5.40. The molecule has 3 aromatic rings. The van der Waals surface area contributed by atoms with Gasteiger partial charge in [-0.1, -0.05) is 29.8 Å². The van der Waals surface area contributed by atoms with Crippen LogP contribution in [0.15, 0.2) is 72.8 Å². The van der Waals surface area contributed by atoms with Crippen LogP contribution in [0.3, 0.4) is 0 Å². The highest BCUT2D eigenvalue weighted by Crippen LogP contribution is 2.24. The van der Waals surface area contributed by atoms with Gasteiger partial charge in [0, 0.05) is 18.5 Å². The van der Waals surface area contributed by atoms with Crippen LogP contribution in [0.5, 0.6) is 17.2 Å². The number of rotatable bonds is 11. The van der Waals surface area contributed by atoms with Crippen LogP contribution in [-0.4, -0.2) is 31.5 Å². The van der Waals surface area contributed by atoms with Crippen LogP contribution < -0.4 is 20.1 Å². The van der Waals surface area contributed by atoms with Crippen LogP contribution in [0, 0.1) is 6.92 Å². The van der Waals surface area contributed by atoms with E-state index in [4.69, 9.17) is 14.2 Å². The number of aryl methyl sites for hydroxylation is 1. The molecule has 2 N–H and O–H groups in total. The third-order valence-corrected chi connectivity index (χ3v) is 4.92. The van der Waals surface area contributed by atoms with Crippen molar-refractivity contribution >= 4 is 29.2 Å². The number of nitrogens with one attached hydrogen (secondary N) is 2. The fourth-order valence-electron chi connectivity index (χ4n) is 3.12. The lowest BCUT2D eigenvalue weighted by atomic mass is 10.2. The van der Waals surface area contributed by atoms with Gasteiger partial charge in [0.05, 0.1) is 12.8 Å². The van der Waals surface area contributed by atoms with Gasteiger partial charge in [-0.3, -0.25) is 14.4 Å². The lowest BCUT2D eigenvalue weighted by molar-refractivity contribution is -0.147. The van der Waals surface area contributed by atoms with Gasteiger partial charge in [-0.25, -0.2) is 0 Å². The lowest BCUT2D eigenvalue weighted by Gasteiger charge is -2.10. The normalized spacial score (nSPS) is 10.2. The number of anilines is 2. The number of esters is 1. The summed E-state index contributed by atoms with van der Waals surface area (Å²) in [4.78, 5) is 36.1. The Bertz CT molecular complexity index is 1140. The van der Waals surface area contributed by atoms with E-state index in [9.17, 15) is 14.4 Å². The highest BCUT2D eigenvalue weighted by atomic mass is 16.5. The molecule has 0 saturated heterocycles. The summed E-state index contributed by atoms with van der Waals surface area (Å²) in [6.07, 6.45) is 0.468. The van der Waals surface area contributed by atoms with E-state index in [1.54, 1.807) is 48.5 Å². The summed E-state index contributed by atoms with van der Waals surface area (Å²) in [5.74, 6) is 0.646. The quantitative estimate of drug-likeness (QED) is 0.374. The zero-order valence-electron chi connectivity index (χ0n) is 19.7. The van der Waals surface area contributed by atoms with Crippen molar-refractivity contribution in [2.24, 2.45) is 0 Å². The van der Waals surface area contributed by atoms with Gasteiger partial charge in [-0.15, -0.1) is 0 Å². The molecule has 0 fully saturated rings. The molecule has 2 amide bonds. The van der Waals surface area contributed by atoms with Gasteiger partial charge in [0.2, 0.25) is 5.91 Å². The van der Waals surface area contributed by atoms with E-state index in [1.165, 1.54) is 7.11 Å². The molecule has 0 bridgehead atoms. The van der Waals surface area contributed by atoms with Gasteiger partial charge >= 0.3 is 5.97 Å². The van der Waals surface area contributed by atoms with Gasteiger partial charge in [-0.05, 0) is 61.9 Å². The molecule has 8 nitrogen and oxygen atoms in total. The summed E-state index contributed by atoms with van der Waals surface area (Å²) in [7, 11) is 1.50. The topological polar surface area (TPSA) is 103 Å². The number of benzene rings is 3. The Morgan fingerprint density at radius 2 is 1.43 bits per heavy atom. The molecule has 3 rings (SSSR count). The van der Waals surface area contributed by atoms with Crippen LogP contribution in [0.4, 0.5) is 11.4 Å². The predicted octanol–water partition coefficient (Wildman–Crippen LogP) is 5.09. The van der Waals surface area contributed by atoms with Crippen molar-refractivity contribution in [1.29, 1.82) is 0 Å². The fourth-order valence-corrected chi connectivity index (χ4v) is 3.12. The second kappa shape index (κ2) is 12.8. The van der Waals surface area contributed by atoms with Crippen molar-refractivity contribution in [2.45, 2.75) is 26.2 Å². The van der Waals surface area contributed by atoms with E-state index in [1.807, 2.05) is 31.2 Å². The molecule has 0 aromatic heterocycles. The molecule has 35 heavy (non-hydrogen) atoms. The number of methoxy groups -OCH3 is 1. The first-order valence-corrected chi connectivity index (χ1v) is 11.2. The summed E-state index contributed by atoms with van der Waals surface area (Å²) in [6.45, 7) is 1.59. The number of hydrogen-bond donors (Lipinski definition) is 2. The average Bonchev–Trinajstić information content (AvgIpc) is 2.86. The van der Waals surface area contributed by atoms with Gasteiger partial charge in [0.1, 0.15) is 17.2 Å². The lowest BCUT2D eigenvalue weighted by Crippen LogP contribution is -2.21. The molecule has 0 aliphatic rings. The molecule has 0 atom stereocenters. The largest absolute Gasteiger partial charge is 0.495 e. The number of carbonyl (C=O) groups excluding carboxylic acids is 3. The minimum atomic E-state index is -0.550. The van der Waals surface area contributed by atoms with Crippen LogP contribution in [0.2, 0.25) is 0 Å². The van der Waals surface area contributed by atoms with Crippen molar-refractivity contribution in [3.05, 3.63) is 78.4 Å². The predicted molar refractivity (Wildman–Crippen MR) is 133 cm³/mol. The molecule has 0 aliphatic heterocycles. The molecule has 3 aromatic carbocycles. The Morgan fingerprint density at radius 3 is 2.11 bits per heavy atom. The van der Waals surface area contributed by atoms with Gasteiger partial charge in [0.25, 0.3) is 5.91 Å². The highest BCUT2D eigenvalue weighted by Gasteiger charge is 2.11. The average molecular weight is 477 g/mol. The van der Waals surface area contributed by atoms with Crippen LogP contribution in [0.1, 0.15) is 24.8 Å². The molecule has 0 unspecified atom stereocenters. The highest BCUT2D eigenvalue weighted by molar-refractivity contribution is 5.94. The second-order valence-electron chi connectivity index (χ2n) is 7.75. The zero-order valence-corrected chi connectivity index (χ0v) is 19.7. The van der Waals surface area contributed by atoms with E-state index in [0.717, 1.165) is 11.3 Å². The van der Waals surface area contributed by atoms with Crippen LogP contribution in [0.25, 0.3) is 0 Å². The maximum Gasteiger partial charge on any atom is 0.306 e. The zero-order chi connectivity index (χ0) is 25.0. The summed E-state index contributed by atoms with van der Waals surface area (Å²) in [5.41, 5.74) is 2.27. The number of ether oxygens (including phenoxy) is 3. The fraction of sp³-hybridized carbons (Fsp3) is 0.222. The minimum absolute atomic E-state index is 0.0265. The first-order chi connectivity index (χ1) is 16.9. The number of amides is 2. The molecule has 0 saturated carbocycles. The molecular weight excluding hydrogens is 448 g/mol. The molecule has 0 radical (unpaired) electrons. The first kappa shape index (κ1) is 25.3. The minimum Gasteiger partial charge on any atom is -0.495 e. The van der Waals surface area contributed by atoms with Gasteiger partial charge in [0.15, 0.2) is 6.61 Å². The van der Waals surface area contributed by atoms with Crippen molar-refractivity contribution < 1.29 is 28.6 Å².